The van der Waals surface area contributed by atoms with E-state index in [9.17, 15) is 22.8 Å². The molecule has 0 saturated carbocycles. The number of aromatic nitrogens is 1. The van der Waals surface area contributed by atoms with Crippen molar-refractivity contribution >= 4 is 17.5 Å². The van der Waals surface area contributed by atoms with Crippen molar-refractivity contribution in [2.24, 2.45) is 0 Å². The Bertz CT molecular complexity index is 754. The Labute approximate surface area is 116 Å². The predicted molar refractivity (Wildman–Crippen MR) is 66.3 cm³/mol. The molecule has 1 atom stereocenters. The number of amides is 1. The smallest absolute Gasteiger partial charge is 0.241 e. The van der Waals surface area contributed by atoms with Gasteiger partial charge in [-0.15, -0.1) is 0 Å². The Morgan fingerprint density at radius 3 is 2.43 bits per heavy atom. The van der Waals surface area contributed by atoms with Crippen molar-refractivity contribution < 1.29 is 22.8 Å². The molecular formula is C14H7F3N2O2. The molecule has 21 heavy (non-hydrogen) atoms. The molecule has 4 nitrogen and oxygen atoms in total. The fourth-order valence-electron chi connectivity index (χ4n) is 2.26. The largest absolute Gasteiger partial charge is 0.309 e. The van der Waals surface area contributed by atoms with Gasteiger partial charge in [0, 0.05) is 23.9 Å². The Morgan fingerprint density at radius 2 is 1.76 bits per heavy atom. The van der Waals surface area contributed by atoms with Crippen molar-refractivity contribution in [1.82, 2.24) is 4.98 Å². The number of rotatable bonds is 1. The molecule has 1 aromatic heterocycles. The molecule has 1 N–H and O–H groups in total. The monoisotopic (exact) mass is 292 g/mol. The zero-order chi connectivity index (χ0) is 15.1. The number of hydrogen-bond acceptors (Lipinski definition) is 3. The molecule has 0 bridgehead atoms. The zero-order valence-corrected chi connectivity index (χ0v) is 10.4. The van der Waals surface area contributed by atoms with Crippen molar-refractivity contribution in [3.63, 3.8) is 0 Å². The van der Waals surface area contributed by atoms with Crippen LogP contribution in [0.15, 0.2) is 30.5 Å². The van der Waals surface area contributed by atoms with Gasteiger partial charge in [-0.2, -0.15) is 0 Å². The molecule has 2 aromatic rings. The molecular weight excluding hydrogens is 285 g/mol. The fraction of sp³-hybridized carbons (Fsp3) is 0.0714. The summed E-state index contributed by atoms with van der Waals surface area (Å²) in [5.74, 6) is -7.06. The van der Waals surface area contributed by atoms with Crippen LogP contribution in [0, 0.1) is 17.5 Å². The summed E-state index contributed by atoms with van der Waals surface area (Å²) in [6, 6.07) is 3.70. The van der Waals surface area contributed by atoms with Crippen LogP contribution >= 0.6 is 0 Å². The lowest BCUT2D eigenvalue weighted by atomic mass is 9.87. The van der Waals surface area contributed by atoms with Crippen LogP contribution in [-0.4, -0.2) is 16.7 Å². The van der Waals surface area contributed by atoms with E-state index >= 15 is 0 Å². The number of nitrogens with zero attached hydrogens (tertiary/aromatic N) is 1. The molecule has 0 saturated heterocycles. The number of benzene rings is 1. The number of carbonyl (C=O) groups is 2. The van der Waals surface area contributed by atoms with E-state index < -0.39 is 40.6 Å². The maximum atomic E-state index is 13.8. The van der Waals surface area contributed by atoms with Crippen molar-refractivity contribution in [1.29, 1.82) is 0 Å². The molecule has 1 aliphatic heterocycles. The van der Waals surface area contributed by atoms with E-state index in [1.807, 2.05) is 0 Å². The molecule has 7 heteroatoms. The topological polar surface area (TPSA) is 59.1 Å². The zero-order valence-electron chi connectivity index (χ0n) is 10.4. The molecule has 0 spiro atoms. The van der Waals surface area contributed by atoms with E-state index in [1.165, 1.54) is 18.3 Å². The van der Waals surface area contributed by atoms with Gasteiger partial charge in [0.05, 0.1) is 5.56 Å². The highest BCUT2D eigenvalue weighted by Crippen LogP contribution is 2.33. The molecule has 2 heterocycles. The lowest BCUT2D eigenvalue weighted by Crippen LogP contribution is -2.35. The number of fused-ring (bicyclic) bond motifs is 1. The first kappa shape index (κ1) is 13.3. The van der Waals surface area contributed by atoms with Gasteiger partial charge in [0.2, 0.25) is 5.91 Å². The van der Waals surface area contributed by atoms with Crippen LogP contribution in [0.3, 0.4) is 0 Å². The third-order valence-corrected chi connectivity index (χ3v) is 3.17. The Kier molecular flexibility index (Phi) is 2.97. The van der Waals surface area contributed by atoms with E-state index in [0.29, 0.717) is 12.1 Å². The highest BCUT2D eigenvalue weighted by atomic mass is 19.1. The quantitative estimate of drug-likeness (QED) is 0.821. The highest BCUT2D eigenvalue weighted by molar-refractivity contribution is 6.23. The van der Waals surface area contributed by atoms with Gasteiger partial charge in [-0.05, 0) is 12.1 Å². The molecule has 1 aliphatic rings. The van der Waals surface area contributed by atoms with Crippen LogP contribution in [0.2, 0.25) is 0 Å². The van der Waals surface area contributed by atoms with Crippen LogP contribution in [0.25, 0.3) is 0 Å². The second-order valence-electron chi connectivity index (χ2n) is 4.47. The van der Waals surface area contributed by atoms with Gasteiger partial charge in [0.15, 0.2) is 5.78 Å². The highest BCUT2D eigenvalue weighted by Gasteiger charge is 2.39. The maximum Gasteiger partial charge on any atom is 0.241 e. The minimum atomic E-state index is -1.71. The number of ketones is 1. The molecule has 1 unspecified atom stereocenters. The number of anilines is 1. The standard InChI is InChI=1S/C14H7F3N2O2/c15-6-4-8(16)10(9(17)5-6)11-12(20)7-2-1-3-18-13(7)19-14(11)21/h1-5,11H,(H,18,19,21). The summed E-state index contributed by atoms with van der Waals surface area (Å²) < 4.78 is 40.5. The fourth-order valence-corrected chi connectivity index (χ4v) is 2.26. The van der Waals surface area contributed by atoms with Crippen LogP contribution in [-0.2, 0) is 4.79 Å². The lowest BCUT2D eigenvalue weighted by molar-refractivity contribution is -0.116. The minimum Gasteiger partial charge on any atom is -0.309 e. The Balaban J connectivity index is 2.17. The van der Waals surface area contributed by atoms with Crippen molar-refractivity contribution in [3.05, 3.63) is 59.0 Å². The van der Waals surface area contributed by atoms with Crippen LogP contribution in [0.1, 0.15) is 21.8 Å². The Hall–Kier alpha value is -2.70. The summed E-state index contributed by atoms with van der Waals surface area (Å²) in [6.07, 6.45) is 1.37. The van der Waals surface area contributed by atoms with Gasteiger partial charge in [-0.3, -0.25) is 9.59 Å². The average Bonchev–Trinajstić information content (AvgIpc) is 2.41. The van der Waals surface area contributed by atoms with Crippen LogP contribution in [0.4, 0.5) is 19.0 Å². The van der Waals surface area contributed by atoms with Gasteiger partial charge in [0.25, 0.3) is 0 Å². The summed E-state index contributed by atoms with van der Waals surface area (Å²) >= 11 is 0. The lowest BCUT2D eigenvalue weighted by Gasteiger charge is -2.23. The molecule has 0 radical (unpaired) electrons. The van der Waals surface area contributed by atoms with E-state index in [0.717, 1.165) is 0 Å². The van der Waals surface area contributed by atoms with E-state index in [1.54, 1.807) is 0 Å². The van der Waals surface area contributed by atoms with Gasteiger partial charge >= 0.3 is 0 Å². The van der Waals surface area contributed by atoms with Crippen LogP contribution in [0.5, 0.6) is 0 Å². The summed E-state index contributed by atoms with van der Waals surface area (Å²) in [5.41, 5.74) is -0.723. The molecule has 0 aliphatic carbocycles. The molecule has 0 fully saturated rings. The third-order valence-electron chi connectivity index (χ3n) is 3.17. The van der Waals surface area contributed by atoms with Gasteiger partial charge in [0.1, 0.15) is 29.2 Å². The molecule has 3 rings (SSSR count). The van der Waals surface area contributed by atoms with Crippen molar-refractivity contribution in [3.8, 4) is 0 Å². The summed E-state index contributed by atoms with van der Waals surface area (Å²) in [7, 11) is 0. The molecule has 106 valence electrons. The number of Topliss-reactive ketones (excluding diaryl/α,β-unsaturated/α-hetero) is 1. The van der Waals surface area contributed by atoms with Gasteiger partial charge in [-0.1, -0.05) is 0 Å². The predicted octanol–water partition coefficient (Wildman–Crippen LogP) is 2.42. The third kappa shape index (κ3) is 2.06. The normalized spacial score (nSPS) is 17.4. The van der Waals surface area contributed by atoms with Crippen molar-refractivity contribution in [2.45, 2.75) is 5.92 Å². The van der Waals surface area contributed by atoms with Gasteiger partial charge < -0.3 is 5.32 Å². The minimum absolute atomic E-state index is 0.0340. The summed E-state index contributed by atoms with van der Waals surface area (Å²) in [6.45, 7) is 0. The van der Waals surface area contributed by atoms with Crippen molar-refractivity contribution in [2.75, 3.05) is 5.32 Å². The first-order valence-corrected chi connectivity index (χ1v) is 5.93. The molecule has 1 aromatic carbocycles. The SMILES string of the molecule is O=C1Nc2ncccc2C(=O)C1c1c(F)cc(F)cc1F. The van der Waals surface area contributed by atoms with E-state index in [4.69, 9.17) is 0 Å². The van der Waals surface area contributed by atoms with Gasteiger partial charge in [-0.25, -0.2) is 18.2 Å². The number of pyridine rings is 1. The summed E-state index contributed by atoms with van der Waals surface area (Å²) in [4.78, 5) is 28.1. The maximum absolute atomic E-state index is 13.8. The summed E-state index contributed by atoms with van der Waals surface area (Å²) in [5, 5.41) is 2.31. The average molecular weight is 292 g/mol. The second kappa shape index (κ2) is 4.69. The number of halogens is 3. The van der Waals surface area contributed by atoms with E-state index in [-0.39, 0.29) is 11.4 Å². The second-order valence-corrected chi connectivity index (χ2v) is 4.47. The van der Waals surface area contributed by atoms with Crippen LogP contribution < -0.4 is 5.32 Å². The Morgan fingerprint density at radius 1 is 1.10 bits per heavy atom. The molecule has 1 amide bonds. The number of hydrogen-bond donors (Lipinski definition) is 1. The number of carbonyl (C=O) groups excluding carboxylic acids is 2. The first-order chi connectivity index (χ1) is 9.99. The first-order valence-electron chi connectivity index (χ1n) is 5.93. The van der Waals surface area contributed by atoms with E-state index in [2.05, 4.69) is 10.3 Å². The number of nitrogens with one attached hydrogen (secondary N) is 1.